The maximum Gasteiger partial charge on any atom is 0.227 e. The fourth-order valence-corrected chi connectivity index (χ4v) is 2.60. The lowest BCUT2D eigenvalue weighted by Gasteiger charge is -2.25. The van der Waals surface area contributed by atoms with Gasteiger partial charge in [-0.1, -0.05) is 19.1 Å². The summed E-state index contributed by atoms with van der Waals surface area (Å²) in [5.74, 6) is -0.413. The van der Waals surface area contributed by atoms with Crippen LogP contribution in [-0.2, 0) is 17.9 Å². The Hall–Kier alpha value is -1.46. The van der Waals surface area contributed by atoms with Crippen LogP contribution in [0.3, 0.4) is 0 Å². The highest BCUT2D eigenvalue weighted by Gasteiger charge is 2.39. The van der Waals surface area contributed by atoms with Crippen LogP contribution in [0, 0.1) is 11.2 Å². The topological polar surface area (TPSA) is 61.4 Å². The Morgan fingerprint density at radius 3 is 2.90 bits per heavy atom. The molecule has 1 heterocycles. The number of aliphatic hydroxyl groups is 1. The van der Waals surface area contributed by atoms with Gasteiger partial charge in [-0.2, -0.15) is 0 Å². The average molecular weight is 280 g/mol. The molecule has 20 heavy (non-hydrogen) atoms. The number of benzene rings is 1. The molecule has 110 valence electrons. The van der Waals surface area contributed by atoms with Crippen molar-refractivity contribution < 1.29 is 14.3 Å². The van der Waals surface area contributed by atoms with Crippen LogP contribution in [0.5, 0.6) is 0 Å². The van der Waals surface area contributed by atoms with Gasteiger partial charge in [0.1, 0.15) is 5.82 Å². The first-order valence-electron chi connectivity index (χ1n) is 6.98. The predicted octanol–water partition coefficient (Wildman–Crippen LogP) is 1.32. The molecule has 2 rings (SSSR count). The first kappa shape index (κ1) is 14.9. The Labute approximate surface area is 118 Å². The first-order chi connectivity index (χ1) is 9.61. The molecule has 5 heteroatoms. The van der Waals surface area contributed by atoms with E-state index >= 15 is 0 Å². The van der Waals surface area contributed by atoms with Crippen LogP contribution in [0.2, 0.25) is 0 Å². The predicted molar refractivity (Wildman–Crippen MR) is 74.4 cm³/mol. The quantitative estimate of drug-likeness (QED) is 0.762. The van der Waals surface area contributed by atoms with Crippen molar-refractivity contribution in [3.8, 4) is 0 Å². The molecule has 0 spiro atoms. The number of nitrogens with one attached hydrogen (secondary N) is 2. The molecule has 1 saturated heterocycles. The van der Waals surface area contributed by atoms with Crippen molar-refractivity contribution in [3.05, 3.63) is 35.1 Å². The lowest BCUT2D eigenvalue weighted by Crippen LogP contribution is -2.41. The van der Waals surface area contributed by atoms with Crippen LogP contribution in [0.15, 0.2) is 18.2 Å². The Kier molecular flexibility index (Phi) is 4.73. The molecule has 1 unspecified atom stereocenters. The molecular formula is C15H21FN2O2. The van der Waals surface area contributed by atoms with Crippen molar-refractivity contribution in [2.45, 2.75) is 32.9 Å². The zero-order chi connectivity index (χ0) is 14.6. The van der Waals surface area contributed by atoms with Crippen LogP contribution in [-0.4, -0.2) is 24.1 Å². The van der Waals surface area contributed by atoms with Gasteiger partial charge in [0.15, 0.2) is 0 Å². The van der Waals surface area contributed by atoms with E-state index in [0.717, 1.165) is 19.4 Å². The summed E-state index contributed by atoms with van der Waals surface area (Å²) < 4.78 is 13.5. The van der Waals surface area contributed by atoms with E-state index in [4.69, 9.17) is 5.11 Å². The smallest absolute Gasteiger partial charge is 0.227 e. The largest absolute Gasteiger partial charge is 0.392 e. The van der Waals surface area contributed by atoms with Gasteiger partial charge in [-0.3, -0.25) is 4.79 Å². The van der Waals surface area contributed by atoms with Gasteiger partial charge in [0.2, 0.25) is 5.91 Å². The van der Waals surface area contributed by atoms with Crippen molar-refractivity contribution in [1.82, 2.24) is 10.6 Å². The van der Waals surface area contributed by atoms with E-state index in [9.17, 15) is 9.18 Å². The van der Waals surface area contributed by atoms with Crippen molar-refractivity contribution in [2.75, 3.05) is 13.1 Å². The highest BCUT2D eigenvalue weighted by Crippen LogP contribution is 2.29. The standard InChI is InChI=1S/C15H21FN2O2/c1-2-15(5-6-17-10-15)14(20)18-8-11-3-4-12(9-19)13(16)7-11/h3-4,7,17,19H,2,5-6,8-10H2,1H3,(H,18,20). The second-order valence-corrected chi connectivity index (χ2v) is 5.33. The summed E-state index contributed by atoms with van der Waals surface area (Å²) in [5.41, 5.74) is 0.638. The number of amides is 1. The molecule has 1 fully saturated rings. The Morgan fingerprint density at radius 2 is 2.35 bits per heavy atom. The minimum Gasteiger partial charge on any atom is -0.392 e. The normalized spacial score (nSPS) is 21.9. The van der Waals surface area contributed by atoms with E-state index < -0.39 is 5.82 Å². The molecule has 0 aromatic heterocycles. The van der Waals surface area contributed by atoms with E-state index in [0.29, 0.717) is 18.7 Å². The number of hydrogen-bond donors (Lipinski definition) is 3. The number of carbonyl (C=O) groups is 1. The van der Waals surface area contributed by atoms with Gasteiger partial charge in [-0.15, -0.1) is 0 Å². The molecule has 0 aliphatic carbocycles. The molecule has 0 radical (unpaired) electrons. The SMILES string of the molecule is CCC1(C(=O)NCc2ccc(CO)c(F)c2)CCNC1. The Morgan fingerprint density at radius 1 is 1.55 bits per heavy atom. The summed E-state index contributed by atoms with van der Waals surface area (Å²) in [6.07, 6.45) is 1.64. The molecule has 4 nitrogen and oxygen atoms in total. The summed E-state index contributed by atoms with van der Waals surface area (Å²) in [7, 11) is 0. The molecule has 1 aromatic rings. The van der Waals surface area contributed by atoms with E-state index in [1.807, 2.05) is 6.92 Å². The summed E-state index contributed by atoms with van der Waals surface area (Å²) in [4.78, 5) is 12.3. The zero-order valence-electron chi connectivity index (χ0n) is 11.7. The molecule has 0 bridgehead atoms. The minimum atomic E-state index is -0.438. The number of hydrogen-bond acceptors (Lipinski definition) is 3. The third-order valence-corrected chi connectivity index (χ3v) is 4.14. The maximum atomic E-state index is 13.5. The van der Waals surface area contributed by atoms with Crippen molar-refractivity contribution in [1.29, 1.82) is 0 Å². The summed E-state index contributed by atoms with van der Waals surface area (Å²) in [6, 6.07) is 4.63. The van der Waals surface area contributed by atoms with Crippen LogP contribution < -0.4 is 10.6 Å². The molecule has 1 aliphatic rings. The molecular weight excluding hydrogens is 259 g/mol. The van der Waals surface area contributed by atoms with E-state index in [-0.39, 0.29) is 23.5 Å². The van der Waals surface area contributed by atoms with Crippen LogP contribution in [0.25, 0.3) is 0 Å². The number of halogens is 1. The lowest BCUT2D eigenvalue weighted by atomic mass is 9.83. The molecule has 3 N–H and O–H groups in total. The third kappa shape index (κ3) is 2.99. The summed E-state index contributed by atoms with van der Waals surface area (Å²) in [6.45, 7) is 3.57. The van der Waals surface area contributed by atoms with Crippen molar-refractivity contribution in [2.24, 2.45) is 5.41 Å². The fourth-order valence-electron chi connectivity index (χ4n) is 2.60. The van der Waals surface area contributed by atoms with Crippen LogP contribution in [0.1, 0.15) is 30.9 Å². The number of carbonyl (C=O) groups excluding carboxylic acids is 1. The summed E-state index contributed by atoms with van der Waals surface area (Å²) >= 11 is 0. The molecule has 1 amide bonds. The lowest BCUT2D eigenvalue weighted by molar-refractivity contribution is -0.130. The van der Waals surface area contributed by atoms with Crippen molar-refractivity contribution >= 4 is 5.91 Å². The fraction of sp³-hybridized carbons (Fsp3) is 0.533. The van der Waals surface area contributed by atoms with Crippen molar-refractivity contribution in [3.63, 3.8) is 0 Å². The van der Waals surface area contributed by atoms with Crippen LogP contribution in [0.4, 0.5) is 4.39 Å². The minimum absolute atomic E-state index is 0.0247. The van der Waals surface area contributed by atoms with Gasteiger partial charge in [-0.05, 0) is 31.0 Å². The second kappa shape index (κ2) is 6.33. The first-order valence-corrected chi connectivity index (χ1v) is 6.98. The number of rotatable bonds is 5. The Balaban J connectivity index is 1.98. The maximum absolute atomic E-state index is 13.5. The van der Waals surface area contributed by atoms with E-state index in [1.165, 1.54) is 6.07 Å². The van der Waals surface area contributed by atoms with Gasteiger partial charge in [-0.25, -0.2) is 4.39 Å². The van der Waals surface area contributed by atoms with Gasteiger partial charge in [0, 0.05) is 18.7 Å². The summed E-state index contributed by atoms with van der Waals surface area (Å²) in [5, 5.41) is 15.0. The van der Waals surface area contributed by atoms with Gasteiger partial charge in [0.05, 0.1) is 12.0 Å². The zero-order valence-corrected chi connectivity index (χ0v) is 11.7. The average Bonchev–Trinajstić information content (AvgIpc) is 2.95. The second-order valence-electron chi connectivity index (χ2n) is 5.33. The molecule has 1 aliphatic heterocycles. The highest BCUT2D eigenvalue weighted by atomic mass is 19.1. The molecule has 0 saturated carbocycles. The van der Waals surface area contributed by atoms with E-state index in [1.54, 1.807) is 12.1 Å². The van der Waals surface area contributed by atoms with Gasteiger partial charge in [0.25, 0.3) is 0 Å². The van der Waals surface area contributed by atoms with Gasteiger partial charge >= 0.3 is 0 Å². The third-order valence-electron chi connectivity index (χ3n) is 4.14. The molecule has 1 atom stereocenters. The monoisotopic (exact) mass is 280 g/mol. The van der Waals surface area contributed by atoms with E-state index in [2.05, 4.69) is 10.6 Å². The van der Waals surface area contributed by atoms with Gasteiger partial charge < -0.3 is 15.7 Å². The van der Waals surface area contributed by atoms with Crippen LogP contribution >= 0.6 is 0 Å². The highest BCUT2D eigenvalue weighted by molar-refractivity contribution is 5.83. The number of aliphatic hydroxyl groups excluding tert-OH is 1. The Bertz CT molecular complexity index is 485. The molecule has 1 aromatic carbocycles.